The molecule has 2 aromatic rings. The van der Waals surface area contributed by atoms with E-state index in [1.54, 1.807) is 0 Å². The molecule has 0 saturated carbocycles. The maximum absolute atomic E-state index is 13.5. The second-order valence-electron chi connectivity index (χ2n) is 3.59. The Morgan fingerprint density at radius 3 is 2.60 bits per heavy atom. The second-order valence-corrected chi connectivity index (χ2v) is 5.51. The van der Waals surface area contributed by atoms with Crippen molar-refractivity contribution in [3.05, 3.63) is 55.4 Å². The number of amides is 1. The number of carbonyl (C=O) groups is 1. The van der Waals surface area contributed by atoms with E-state index in [-0.39, 0.29) is 20.0 Å². The van der Waals surface area contributed by atoms with Crippen LogP contribution in [0.25, 0.3) is 0 Å². The van der Waals surface area contributed by atoms with E-state index in [4.69, 9.17) is 0 Å². The highest BCUT2D eigenvalue weighted by atomic mass is 79.9. The molecule has 1 heterocycles. The Balaban J connectivity index is 2.25. The minimum absolute atomic E-state index is 0.0365. The molecule has 1 aromatic heterocycles. The summed E-state index contributed by atoms with van der Waals surface area (Å²) in [4.78, 5) is 21.8. The Bertz CT molecular complexity index is 682. The topological polar surface area (TPSA) is 72.2 Å². The molecule has 0 radical (unpaired) electrons. The zero-order valence-electron chi connectivity index (χ0n) is 9.52. The van der Waals surface area contributed by atoms with E-state index in [0.29, 0.717) is 17.4 Å². The zero-order chi connectivity index (χ0) is 14.9. The number of benzene rings is 1. The Hall–Kier alpha value is -1.87. The molecule has 1 aromatic carbocycles. The lowest BCUT2D eigenvalue weighted by molar-refractivity contribution is -0.380. The van der Waals surface area contributed by atoms with Crippen LogP contribution in [0.15, 0.2) is 28.7 Å². The normalized spacial score (nSPS) is 10.3. The van der Waals surface area contributed by atoms with Crippen molar-refractivity contribution in [1.82, 2.24) is 0 Å². The molecule has 0 aliphatic heterocycles. The third-order valence-corrected chi connectivity index (χ3v) is 3.90. The molecule has 1 amide bonds. The number of nitrogens with zero attached hydrogens (tertiary/aromatic N) is 1. The van der Waals surface area contributed by atoms with Crippen molar-refractivity contribution in [3.63, 3.8) is 0 Å². The molecular weight excluding hydrogens is 358 g/mol. The quantitative estimate of drug-likeness (QED) is 0.663. The Kier molecular flexibility index (Phi) is 4.09. The monoisotopic (exact) mass is 362 g/mol. The van der Waals surface area contributed by atoms with Crippen LogP contribution < -0.4 is 5.32 Å². The van der Waals surface area contributed by atoms with Gasteiger partial charge in [0.1, 0.15) is 5.82 Å². The number of hydrogen-bond donors (Lipinski definition) is 1. The highest BCUT2D eigenvalue weighted by molar-refractivity contribution is 9.10. The minimum Gasteiger partial charge on any atom is -0.318 e. The van der Waals surface area contributed by atoms with Crippen LogP contribution in [0.2, 0.25) is 0 Å². The summed E-state index contributed by atoms with van der Waals surface area (Å²) in [7, 11) is 0. The van der Waals surface area contributed by atoms with Crippen molar-refractivity contribution >= 4 is 43.9 Å². The fourth-order valence-electron chi connectivity index (χ4n) is 1.38. The summed E-state index contributed by atoms with van der Waals surface area (Å²) in [6.45, 7) is 0. The number of nitrogens with one attached hydrogen (secondary N) is 1. The third kappa shape index (κ3) is 2.99. The van der Waals surface area contributed by atoms with Gasteiger partial charge in [-0.2, -0.15) is 0 Å². The van der Waals surface area contributed by atoms with E-state index in [2.05, 4.69) is 21.2 Å². The van der Waals surface area contributed by atoms with Crippen molar-refractivity contribution < 1.29 is 18.5 Å². The highest BCUT2D eigenvalue weighted by Crippen LogP contribution is 2.29. The van der Waals surface area contributed by atoms with Crippen LogP contribution >= 0.6 is 27.3 Å². The van der Waals surface area contributed by atoms with Gasteiger partial charge in [0.2, 0.25) is 0 Å². The molecule has 0 spiro atoms. The molecule has 20 heavy (non-hydrogen) atoms. The number of halogens is 3. The third-order valence-electron chi connectivity index (χ3n) is 2.24. The second kappa shape index (κ2) is 5.63. The average molecular weight is 363 g/mol. The number of rotatable bonds is 3. The van der Waals surface area contributed by atoms with Crippen LogP contribution in [0.3, 0.4) is 0 Å². The van der Waals surface area contributed by atoms with E-state index in [0.717, 1.165) is 6.07 Å². The maximum atomic E-state index is 13.5. The maximum Gasteiger partial charge on any atom is 0.324 e. The molecule has 2 rings (SSSR count). The van der Waals surface area contributed by atoms with E-state index in [1.165, 1.54) is 12.1 Å². The van der Waals surface area contributed by atoms with E-state index >= 15 is 0 Å². The fourth-order valence-corrected chi connectivity index (χ4v) is 2.61. The van der Waals surface area contributed by atoms with Gasteiger partial charge in [0.15, 0.2) is 5.82 Å². The number of carbonyl (C=O) groups excluding carboxylic acids is 1. The lowest BCUT2D eigenvalue weighted by atomic mass is 10.3. The van der Waals surface area contributed by atoms with Crippen LogP contribution in [0.1, 0.15) is 9.67 Å². The molecule has 1 N–H and O–H groups in total. The van der Waals surface area contributed by atoms with Gasteiger partial charge in [-0.15, -0.1) is 0 Å². The zero-order valence-corrected chi connectivity index (χ0v) is 11.9. The van der Waals surface area contributed by atoms with Crippen molar-refractivity contribution in [2.45, 2.75) is 0 Å². The molecular formula is C11H5BrF2N2O3S. The first-order valence-corrected chi connectivity index (χ1v) is 6.69. The van der Waals surface area contributed by atoms with E-state index < -0.39 is 22.5 Å². The molecule has 0 atom stereocenters. The Morgan fingerprint density at radius 2 is 2.05 bits per heavy atom. The molecule has 0 aliphatic carbocycles. The fraction of sp³-hybridized carbons (Fsp3) is 0. The largest absolute Gasteiger partial charge is 0.324 e. The summed E-state index contributed by atoms with van der Waals surface area (Å²) in [6.07, 6.45) is 0. The summed E-state index contributed by atoms with van der Waals surface area (Å²) < 4.78 is 26.5. The summed E-state index contributed by atoms with van der Waals surface area (Å²) in [5, 5.41) is 12.6. The first kappa shape index (κ1) is 14.5. The van der Waals surface area contributed by atoms with Gasteiger partial charge in [-0.1, -0.05) is 11.3 Å². The van der Waals surface area contributed by atoms with Crippen LogP contribution in [0.5, 0.6) is 0 Å². The van der Waals surface area contributed by atoms with Gasteiger partial charge >= 0.3 is 5.00 Å². The predicted molar refractivity (Wildman–Crippen MR) is 73.0 cm³/mol. The SMILES string of the molecule is O=C(Nc1c(F)cc(F)cc1Br)c1ccc([N+](=O)[O-])s1. The summed E-state index contributed by atoms with van der Waals surface area (Å²) in [5.41, 5.74) is -0.229. The molecule has 9 heteroatoms. The number of nitro groups is 1. The molecule has 0 saturated heterocycles. The first-order chi connectivity index (χ1) is 9.38. The molecule has 5 nitrogen and oxygen atoms in total. The Morgan fingerprint density at radius 1 is 1.35 bits per heavy atom. The Labute approximate surface area is 123 Å². The number of anilines is 1. The standard InChI is InChI=1S/C11H5BrF2N2O3S/c12-6-3-5(13)4-7(14)10(6)15-11(17)8-1-2-9(20-8)16(18)19/h1-4H,(H,15,17). The smallest absolute Gasteiger partial charge is 0.318 e. The van der Waals surface area contributed by atoms with Crippen molar-refractivity contribution in [2.24, 2.45) is 0 Å². The molecule has 0 aliphatic rings. The van der Waals surface area contributed by atoms with Gasteiger partial charge in [-0.25, -0.2) is 8.78 Å². The van der Waals surface area contributed by atoms with Gasteiger partial charge < -0.3 is 5.32 Å². The van der Waals surface area contributed by atoms with Gasteiger partial charge in [-0.05, 0) is 28.1 Å². The lowest BCUT2D eigenvalue weighted by Crippen LogP contribution is -2.12. The van der Waals surface area contributed by atoms with E-state index in [1.807, 2.05) is 0 Å². The van der Waals surface area contributed by atoms with Crippen LogP contribution in [-0.2, 0) is 0 Å². The minimum atomic E-state index is -0.948. The first-order valence-electron chi connectivity index (χ1n) is 5.08. The van der Waals surface area contributed by atoms with Crippen molar-refractivity contribution in [2.75, 3.05) is 5.32 Å². The molecule has 0 unspecified atom stereocenters. The highest BCUT2D eigenvalue weighted by Gasteiger charge is 2.18. The number of hydrogen-bond acceptors (Lipinski definition) is 4. The van der Waals surface area contributed by atoms with Crippen molar-refractivity contribution in [3.8, 4) is 0 Å². The summed E-state index contributed by atoms with van der Waals surface area (Å²) in [5.74, 6) is -2.45. The van der Waals surface area contributed by atoms with Gasteiger partial charge in [0.05, 0.1) is 15.5 Å². The van der Waals surface area contributed by atoms with Crippen LogP contribution in [0.4, 0.5) is 19.5 Å². The van der Waals surface area contributed by atoms with Crippen LogP contribution in [0, 0.1) is 21.7 Å². The van der Waals surface area contributed by atoms with Crippen molar-refractivity contribution in [1.29, 1.82) is 0 Å². The number of thiophene rings is 1. The molecule has 0 bridgehead atoms. The van der Waals surface area contributed by atoms with Crippen LogP contribution in [-0.4, -0.2) is 10.8 Å². The lowest BCUT2D eigenvalue weighted by Gasteiger charge is -2.07. The molecule has 104 valence electrons. The van der Waals surface area contributed by atoms with Gasteiger partial charge in [0, 0.05) is 16.6 Å². The van der Waals surface area contributed by atoms with Gasteiger partial charge in [0.25, 0.3) is 5.91 Å². The summed E-state index contributed by atoms with van der Waals surface area (Å²) >= 11 is 3.59. The molecule has 0 fully saturated rings. The average Bonchev–Trinajstić information content (AvgIpc) is 2.83. The van der Waals surface area contributed by atoms with Gasteiger partial charge in [-0.3, -0.25) is 14.9 Å². The summed E-state index contributed by atoms with van der Waals surface area (Å²) in [6, 6.07) is 4.05. The predicted octanol–water partition coefficient (Wildman–Crippen LogP) is 3.95. The van der Waals surface area contributed by atoms with E-state index in [9.17, 15) is 23.7 Å².